The van der Waals surface area contributed by atoms with Crippen molar-refractivity contribution in [1.82, 2.24) is 10.6 Å². The van der Waals surface area contributed by atoms with Crippen molar-refractivity contribution in [3.8, 4) is 0 Å². The third-order valence-electron chi connectivity index (χ3n) is 4.26. The summed E-state index contributed by atoms with van der Waals surface area (Å²) in [6.07, 6.45) is 4.26. The first-order valence-electron chi connectivity index (χ1n) is 6.95. The van der Waals surface area contributed by atoms with Gasteiger partial charge in [-0.15, -0.1) is 0 Å². The van der Waals surface area contributed by atoms with E-state index in [1.165, 1.54) is 18.2 Å². The van der Waals surface area contributed by atoms with Crippen molar-refractivity contribution in [2.45, 2.75) is 37.8 Å². The fourth-order valence-corrected chi connectivity index (χ4v) is 3.14. The van der Waals surface area contributed by atoms with E-state index in [0.717, 1.165) is 25.7 Å². The van der Waals surface area contributed by atoms with Gasteiger partial charge in [0.15, 0.2) is 0 Å². The molecule has 1 unspecified atom stereocenters. The van der Waals surface area contributed by atoms with E-state index in [9.17, 15) is 8.78 Å². The van der Waals surface area contributed by atoms with E-state index < -0.39 is 0 Å². The first kappa shape index (κ1) is 14.4. The SMILES string of the molecule is CNC1CCC(C(NC)c2cc(F)ccc2F)CC1. The second-order valence-electron chi connectivity index (χ2n) is 5.33. The molecule has 1 saturated carbocycles. The molecule has 1 atom stereocenters. The Balaban J connectivity index is 2.14. The molecular weight excluding hydrogens is 246 g/mol. The number of benzene rings is 1. The van der Waals surface area contributed by atoms with Gasteiger partial charge in [0.2, 0.25) is 0 Å². The second-order valence-corrected chi connectivity index (χ2v) is 5.33. The van der Waals surface area contributed by atoms with Crippen molar-refractivity contribution in [2.75, 3.05) is 14.1 Å². The van der Waals surface area contributed by atoms with E-state index >= 15 is 0 Å². The summed E-state index contributed by atoms with van der Waals surface area (Å²) in [7, 11) is 3.80. The van der Waals surface area contributed by atoms with E-state index in [1.54, 1.807) is 0 Å². The average Bonchev–Trinajstić information content (AvgIpc) is 2.44. The van der Waals surface area contributed by atoms with Gasteiger partial charge >= 0.3 is 0 Å². The van der Waals surface area contributed by atoms with Gasteiger partial charge in [-0.25, -0.2) is 8.78 Å². The Bertz CT molecular complexity index is 415. The van der Waals surface area contributed by atoms with Crippen LogP contribution < -0.4 is 10.6 Å². The molecule has 0 bridgehead atoms. The molecule has 2 rings (SSSR count). The second kappa shape index (κ2) is 6.44. The largest absolute Gasteiger partial charge is 0.317 e. The maximum absolute atomic E-state index is 13.9. The molecule has 19 heavy (non-hydrogen) atoms. The molecule has 2 nitrogen and oxygen atoms in total. The Hall–Kier alpha value is -1.00. The maximum Gasteiger partial charge on any atom is 0.128 e. The molecule has 0 amide bonds. The summed E-state index contributed by atoms with van der Waals surface area (Å²) in [6, 6.07) is 4.16. The Morgan fingerprint density at radius 3 is 2.37 bits per heavy atom. The highest BCUT2D eigenvalue weighted by Gasteiger charge is 2.28. The first-order chi connectivity index (χ1) is 9.15. The molecule has 0 heterocycles. The summed E-state index contributed by atoms with van der Waals surface area (Å²) in [5.74, 6) is -0.331. The zero-order valence-electron chi connectivity index (χ0n) is 11.5. The lowest BCUT2D eigenvalue weighted by Gasteiger charge is -2.34. The van der Waals surface area contributed by atoms with E-state index in [1.807, 2.05) is 14.1 Å². The minimum absolute atomic E-state index is 0.103. The Labute approximate surface area is 113 Å². The van der Waals surface area contributed by atoms with E-state index in [0.29, 0.717) is 17.5 Å². The standard InChI is InChI=1S/C15H22F2N2/c1-18-12-6-3-10(4-7-12)15(19-2)13-9-11(16)5-8-14(13)17/h5,8-10,12,15,18-19H,3-4,6-7H2,1-2H3. The molecule has 4 heteroatoms. The van der Waals surface area contributed by atoms with Gasteiger partial charge in [0, 0.05) is 17.6 Å². The van der Waals surface area contributed by atoms with Gasteiger partial charge in [-0.3, -0.25) is 0 Å². The summed E-state index contributed by atoms with van der Waals surface area (Å²) in [5.41, 5.74) is 0.454. The molecule has 1 aliphatic carbocycles. The van der Waals surface area contributed by atoms with Crippen molar-refractivity contribution < 1.29 is 8.78 Å². The van der Waals surface area contributed by atoms with Crippen LogP contribution in [0.2, 0.25) is 0 Å². The lowest BCUT2D eigenvalue weighted by atomic mass is 9.79. The van der Waals surface area contributed by atoms with Crippen molar-refractivity contribution in [1.29, 1.82) is 0 Å². The highest BCUT2D eigenvalue weighted by Crippen LogP contribution is 2.35. The fraction of sp³-hybridized carbons (Fsp3) is 0.600. The summed E-state index contributed by atoms with van der Waals surface area (Å²) in [5, 5.41) is 6.45. The Kier molecular flexibility index (Phi) is 4.88. The minimum Gasteiger partial charge on any atom is -0.317 e. The lowest BCUT2D eigenvalue weighted by molar-refractivity contribution is 0.244. The van der Waals surface area contributed by atoms with E-state index in [-0.39, 0.29) is 17.7 Å². The molecule has 1 aromatic rings. The lowest BCUT2D eigenvalue weighted by Crippen LogP contribution is -2.35. The molecule has 1 aromatic carbocycles. The summed E-state index contributed by atoms with van der Waals surface area (Å²) in [6.45, 7) is 0. The number of rotatable bonds is 4. The molecule has 1 fully saturated rings. The topological polar surface area (TPSA) is 24.1 Å². The van der Waals surface area contributed by atoms with Crippen LogP contribution >= 0.6 is 0 Å². The number of halogens is 2. The number of nitrogens with one attached hydrogen (secondary N) is 2. The fourth-order valence-electron chi connectivity index (χ4n) is 3.14. The predicted molar refractivity (Wildman–Crippen MR) is 73.0 cm³/mol. The summed E-state index contributed by atoms with van der Waals surface area (Å²) in [4.78, 5) is 0. The van der Waals surface area contributed by atoms with Crippen LogP contribution in [0.3, 0.4) is 0 Å². The van der Waals surface area contributed by atoms with Gasteiger partial charge < -0.3 is 10.6 Å². The van der Waals surface area contributed by atoms with Crippen LogP contribution in [-0.2, 0) is 0 Å². The normalized spacial score (nSPS) is 25.3. The highest BCUT2D eigenvalue weighted by molar-refractivity contribution is 5.23. The van der Waals surface area contributed by atoms with Crippen LogP contribution in [0.1, 0.15) is 37.3 Å². The minimum atomic E-state index is -0.374. The van der Waals surface area contributed by atoms with Gasteiger partial charge in [0.1, 0.15) is 11.6 Å². The monoisotopic (exact) mass is 268 g/mol. The van der Waals surface area contributed by atoms with Gasteiger partial charge in [-0.1, -0.05) is 0 Å². The quantitative estimate of drug-likeness (QED) is 0.877. The number of hydrogen-bond donors (Lipinski definition) is 2. The Morgan fingerprint density at radius 2 is 1.79 bits per heavy atom. The molecular formula is C15H22F2N2. The molecule has 0 saturated heterocycles. The van der Waals surface area contributed by atoms with Crippen molar-refractivity contribution in [2.24, 2.45) is 5.92 Å². The zero-order valence-corrected chi connectivity index (χ0v) is 11.5. The molecule has 0 aromatic heterocycles. The van der Waals surface area contributed by atoms with E-state index in [2.05, 4.69) is 10.6 Å². The van der Waals surface area contributed by atoms with Gasteiger partial charge in [-0.05, 0) is 63.9 Å². The first-order valence-corrected chi connectivity index (χ1v) is 6.95. The molecule has 1 aliphatic rings. The smallest absolute Gasteiger partial charge is 0.128 e. The third-order valence-corrected chi connectivity index (χ3v) is 4.26. The maximum atomic E-state index is 13.9. The molecule has 0 radical (unpaired) electrons. The highest BCUT2D eigenvalue weighted by atomic mass is 19.1. The van der Waals surface area contributed by atoms with Crippen LogP contribution in [-0.4, -0.2) is 20.1 Å². The Morgan fingerprint density at radius 1 is 1.11 bits per heavy atom. The van der Waals surface area contributed by atoms with Crippen molar-refractivity contribution in [3.05, 3.63) is 35.4 Å². The van der Waals surface area contributed by atoms with Gasteiger partial charge in [-0.2, -0.15) is 0 Å². The average molecular weight is 268 g/mol. The zero-order chi connectivity index (χ0) is 13.8. The van der Waals surface area contributed by atoms with Crippen LogP contribution in [0.5, 0.6) is 0 Å². The molecule has 2 N–H and O–H groups in total. The van der Waals surface area contributed by atoms with Crippen molar-refractivity contribution >= 4 is 0 Å². The third kappa shape index (κ3) is 3.31. The molecule has 0 aliphatic heterocycles. The van der Waals surface area contributed by atoms with Gasteiger partial charge in [0.05, 0.1) is 0 Å². The van der Waals surface area contributed by atoms with Crippen molar-refractivity contribution in [3.63, 3.8) is 0 Å². The molecule has 0 spiro atoms. The van der Waals surface area contributed by atoms with Crippen LogP contribution in [0.4, 0.5) is 8.78 Å². The molecule has 106 valence electrons. The number of hydrogen-bond acceptors (Lipinski definition) is 2. The summed E-state index contributed by atoms with van der Waals surface area (Å²) >= 11 is 0. The van der Waals surface area contributed by atoms with E-state index in [4.69, 9.17) is 0 Å². The van der Waals surface area contributed by atoms with Crippen LogP contribution in [0.15, 0.2) is 18.2 Å². The van der Waals surface area contributed by atoms with Crippen LogP contribution in [0, 0.1) is 17.6 Å². The van der Waals surface area contributed by atoms with Gasteiger partial charge in [0.25, 0.3) is 0 Å². The predicted octanol–water partition coefficient (Wildman–Crippen LogP) is 3.00. The van der Waals surface area contributed by atoms with Crippen LogP contribution in [0.25, 0.3) is 0 Å². The summed E-state index contributed by atoms with van der Waals surface area (Å²) < 4.78 is 27.2.